The van der Waals surface area contributed by atoms with Crippen LogP contribution in [0.3, 0.4) is 0 Å². The van der Waals surface area contributed by atoms with E-state index in [0.717, 1.165) is 12.8 Å². The van der Waals surface area contributed by atoms with Crippen LogP contribution in [0.1, 0.15) is 26.7 Å². The molecule has 0 aromatic rings. The van der Waals surface area contributed by atoms with E-state index in [9.17, 15) is 0 Å². The third-order valence-corrected chi connectivity index (χ3v) is 2.83. The Kier molecular flexibility index (Phi) is 3.19. The molecule has 1 saturated carbocycles. The maximum atomic E-state index is 8.43. The van der Waals surface area contributed by atoms with E-state index in [4.69, 9.17) is 20.0 Å². The van der Waals surface area contributed by atoms with Crippen LogP contribution in [-0.2, 0) is 9.47 Å². The van der Waals surface area contributed by atoms with E-state index in [-0.39, 0.29) is 11.5 Å². The Labute approximate surface area is 84.0 Å². The average molecular weight is 194 g/mol. The third kappa shape index (κ3) is 2.29. The molecule has 1 rings (SSSR count). The Morgan fingerprint density at radius 1 is 1.36 bits per heavy atom. The molecule has 0 spiro atoms. The molecule has 0 amide bonds. The van der Waals surface area contributed by atoms with Gasteiger partial charge < -0.3 is 9.47 Å². The lowest BCUT2D eigenvalue weighted by atomic mass is 9.89. The quantitative estimate of drug-likeness (QED) is 0.642. The summed E-state index contributed by atoms with van der Waals surface area (Å²) in [5.74, 6) is 0.349. The Morgan fingerprint density at radius 2 is 2.07 bits per heavy atom. The highest BCUT2D eigenvalue weighted by molar-refractivity contribution is 4.92. The van der Waals surface area contributed by atoms with Gasteiger partial charge in [-0.3, -0.25) is 0 Å². The highest BCUT2D eigenvalue weighted by Crippen LogP contribution is 2.42. The summed E-state index contributed by atoms with van der Waals surface area (Å²) in [4.78, 5) is 0. The van der Waals surface area contributed by atoms with Gasteiger partial charge in [0.15, 0.2) is 0 Å². The van der Waals surface area contributed by atoms with Gasteiger partial charge >= 0.3 is 0 Å². The second kappa shape index (κ2) is 4.19. The maximum absolute atomic E-state index is 8.43. The number of nitrogens with zero attached hydrogens (tertiary/aromatic N) is 2. The molecule has 0 N–H and O–H groups in total. The Morgan fingerprint density at radius 3 is 2.64 bits per heavy atom. The molecule has 4 nitrogen and oxygen atoms in total. The second-order valence-corrected chi connectivity index (χ2v) is 4.32. The van der Waals surface area contributed by atoms with Gasteiger partial charge in [-0.05, 0) is 18.8 Å². The number of nitriles is 2. The highest BCUT2D eigenvalue weighted by atomic mass is 16.5. The van der Waals surface area contributed by atoms with Crippen LogP contribution < -0.4 is 0 Å². The van der Waals surface area contributed by atoms with Crippen molar-refractivity contribution in [1.82, 2.24) is 0 Å². The van der Waals surface area contributed by atoms with Crippen LogP contribution in [0.2, 0.25) is 0 Å². The van der Waals surface area contributed by atoms with Crippen LogP contribution in [0.4, 0.5) is 0 Å². The molecule has 1 aliphatic carbocycles. The lowest BCUT2D eigenvalue weighted by molar-refractivity contribution is 0.103. The van der Waals surface area contributed by atoms with Gasteiger partial charge in [0.1, 0.15) is 12.7 Å². The van der Waals surface area contributed by atoms with Crippen LogP contribution in [0.25, 0.3) is 0 Å². The lowest BCUT2D eigenvalue weighted by Crippen LogP contribution is -2.20. The van der Waals surface area contributed by atoms with Gasteiger partial charge in [0, 0.05) is 5.41 Å². The van der Waals surface area contributed by atoms with Crippen LogP contribution in [0.15, 0.2) is 0 Å². The molecule has 1 aliphatic rings. The van der Waals surface area contributed by atoms with Gasteiger partial charge in [-0.15, -0.1) is 0 Å². The van der Waals surface area contributed by atoms with Crippen molar-refractivity contribution in [2.45, 2.75) is 32.8 Å². The van der Waals surface area contributed by atoms with Gasteiger partial charge in [-0.1, -0.05) is 13.8 Å². The van der Waals surface area contributed by atoms with E-state index >= 15 is 0 Å². The molecule has 0 bridgehead atoms. The van der Waals surface area contributed by atoms with E-state index in [2.05, 4.69) is 13.8 Å². The van der Waals surface area contributed by atoms with Gasteiger partial charge in [0.25, 0.3) is 12.5 Å². The van der Waals surface area contributed by atoms with E-state index in [1.165, 1.54) is 0 Å². The van der Waals surface area contributed by atoms with Crippen LogP contribution in [0, 0.1) is 34.4 Å². The van der Waals surface area contributed by atoms with E-state index in [1.54, 1.807) is 12.5 Å². The minimum atomic E-state index is -0.0311. The summed E-state index contributed by atoms with van der Waals surface area (Å²) in [6.07, 6.45) is 5.10. The fraction of sp³-hybridized carbons (Fsp3) is 0.800. The van der Waals surface area contributed by atoms with Crippen LogP contribution in [-0.4, -0.2) is 12.7 Å². The monoisotopic (exact) mass is 194 g/mol. The molecule has 3 atom stereocenters. The summed E-state index contributed by atoms with van der Waals surface area (Å²) in [6.45, 7) is 4.53. The molecule has 4 heteroatoms. The number of rotatable bonds is 3. The van der Waals surface area contributed by atoms with Crippen molar-refractivity contribution < 1.29 is 9.47 Å². The molecular formula is C10H14N2O2. The van der Waals surface area contributed by atoms with Crippen LogP contribution in [0.5, 0.6) is 0 Å². The molecule has 0 aromatic carbocycles. The first kappa shape index (κ1) is 10.7. The van der Waals surface area contributed by atoms with Crippen molar-refractivity contribution >= 4 is 0 Å². The molecule has 76 valence electrons. The van der Waals surface area contributed by atoms with Gasteiger partial charge in [0.2, 0.25) is 0 Å². The summed E-state index contributed by atoms with van der Waals surface area (Å²) in [5, 5.41) is 16.8. The van der Waals surface area contributed by atoms with E-state index < -0.39 is 0 Å². The first-order valence-corrected chi connectivity index (χ1v) is 4.67. The van der Waals surface area contributed by atoms with E-state index in [1.807, 2.05) is 0 Å². The highest BCUT2D eigenvalue weighted by Gasteiger charge is 2.42. The second-order valence-electron chi connectivity index (χ2n) is 4.32. The molecule has 0 heterocycles. The van der Waals surface area contributed by atoms with Crippen molar-refractivity contribution in [2.75, 3.05) is 6.61 Å². The first-order chi connectivity index (χ1) is 6.61. The van der Waals surface area contributed by atoms with Crippen molar-refractivity contribution in [3.8, 4) is 12.5 Å². The largest absolute Gasteiger partial charge is 0.427 e. The van der Waals surface area contributed by atoms with Crippen molar-refractivity contribution in [3.05, 3.63) is 0 Å². The molecular weight excluding hydrogens is 180 g/mol. The van der Waals surface area contributed by atoms with Crippen molar-refractivity contribution in [3.63, 3.8) is 0 Å². The normalized spacial score (nSPS) is 35.7. The summed E-state index contributed by atoms with van der Waals surface area (Å²) < 4.78 is 9.72. The van der Waals surface area contributed by atoms with Crippen LogP contribution >= 0.6 is 0 Å². The Bertz CT molecular complexity index is 279. The Balaban J connectivity index is 2.53. The fourth-order valence-corrected chi connectivity index (χ4v) is 2.23. The molecule has 1 fully saturated rings. The molecule has 14 heavy (non-hydrogen) atoms. The number of ether oxygens (including phenoxy) is 2. The minimum Gasteiger partial charge on any atom is -0.427 e. The first-order valence-electron chi connectivity index (χ1n) is 4.67. The predicted octanol–water partition coefficient (Wildman–Crippen LogP) is 1.79. The zero-order chi connectivity index (χ0) is 10.6. The summed E-state index contributed by atoms with van der Waals surface area (Å²) >= 11 is 0. The molecule has 0 aliphatic heterocycles. The number of hydrogen-bond donors (Lipinski definition) is 0. The SMILES string of the molecule is CC1CC(C)(COC#N)CC1OC#N. The minimum absolute atomic E-state index is 0.0210. The molecule has 0 radical (unpaired) electrons. The topological polar surface area (TPSA) is 66.0 Å². The standard InChI is InChI=1S/C10H14N2O2/c1-8-3-10(2,5-13-6-11)4-9(8)14-7-12/h8-9H,3-5H2,1-2H3. The van der Waals surface area contributed by atoms with Crippen molar-refractivity contribution in [1.29, 1.82) is 10.5 Å². The predicted molar refractivity (Wildman–Crippen MR) is 48.6 cm³/mol. The molecule has 3 unspecified atom stereocenters. The van der Waals surface area contributed by atoms with Gasteiger partial charge in [0.05, 0.1) is 0 Å². The molecule has 0 aromatic heterocycles. The lowest BCUT2D eigenvalue weighted by Gasteiger charge is -2.20. The third-order valence-electron chi connectivity index (χ3n) is 2.83. The Hall–Kier alpha value is -1.42. The van der Waals surface area contributed by atoms with Gasteiger partial charge in [-0.2, -0.15) is 10.5 Å². The summed E-state index contributed by atoms with van der Waals surface area (Å²) in [7, 11) is 0. The summed E-state index contributed by atoms with van der Waals surface area (Å²) in [5.41, 5.74) is -0.0311. The maximum Gasteiger partial charge on any atom is 0.286 e. The summed E-state index contributed by atoms with van der Waals surface area (Å²) in [6, 6.07) is 0. The molecule has 0 saturated heterocycles. The van der Waals surface area contributed by atoms with E-state index in [0.29, 0.717) is 12.5 Å². The zero-order valence-electron chi connectivity index (χ0n) is 8.49. The fourth-order valence-electron chi connectivity index (χ4n) is 2.23. The van der Waals surface area contributed by atoms with Crippen molar-refractivity contribution in [2.24, 2.45) is 11.3 Å². The smallest absolute Gasteiger partial charge is 0.286 e. The zero-order valence-corrected chi connectivity index (χ0v) is 8.49. The average Bonchev–Trinajstić information content (AvgIpc) is 2.40. The van der Waals surface area contributed by atoms with Gasteiger partial charge in [-0.25, -0.2) is 0 Å². The number of hydrogen-bond acceptors (Lipinski definition) is 4.